The number of carbonyl (C=O) groups is 1. The lowest BCUT2D eigenvalue weighted by molar-refractivity contribution is -0.134. The van der Waals surface area contributed by atoms with Gasteiger partial charge < -0.3 is 16.2 Å². The molecule has 0 aliphatic heterocycles. The van der Waals surface area contributed by atoms with Gasteiger partial charge in [-0.15, -0.1) is 0 Å². The number of esters is 1. The molecule has 5 N–H and O–H groups in total. The topological polar surface area (TPSA) is 163 Å². The molecule has 10 heteroatoms. The van der Waals surface area contributed by atoms with Crippen LogP contribution in [0, 0.1) is 28.5 Å². The number of pyridine rings is 1. The monoisotopic (exact) mass is 367 g/mol. The summed E-state index contributed by atoms with van der Waals surface area (Å²) in [7, 11) is 0. The highest BCUT2D eigenvalue weighted by Gasteiger charge is 2.25. The van der Waals surface area contributed by atoms with Gasteiger partial charge in [0.2, 0.25) is 0 Å². The average Bonchev–Trinajstić information content (AvgIpc) is 2.64. The zero-order chi connectivity index (χ0) is 20.0. The molecular formula is C17H14FN7O2. The second-order valence-corrected chi connectivity index (χ2v) is 5.03. The first-order valence-corrected chi connectivity index (χ1v) is 7.58. The predicted molar refractivity (Wildman–Crippen MR) is 95.7 cm³/mol. The van der Waals surface area contributed by atoms with Crippen molar-refractivity contribution in [3.8, 4) is 12.1 Å². The van der Waals surface area contributed by atoms with E-state index in [2.05, 4.69) is 15.5 Å². The van der Waals surface area contributed by atoms with E-state index in [0.29, 0.717) is 5.69 Å². The lowest BCUT2D eigenvalue weighted by Crippen LogP contribution is -2.24. The minimum Gasteiger partial charge on any atom is -0.461 e. The number of benzene rings is 1. The molecule has 2 aromatic rings. The summed E-state index contributed by atoms with van der Waals surface area (Å²) in [6, 6.07) is 8.71. The SMILES string of the molecule is CCOC(=O)/C(=N\Nc1ccc(F)cc1)c1nc(N)c(C#N)c(N)c1C#N. The van der Waals surface area contributed by atoms with Crippen LogP contribution in [0.25, 0.3) is 0 Å². The van der Waals surface area contributed by atoms with E-state index in [1.54, 1.807) is 19.1 Å². The summed E-state index contributed by atoms with van der Waals surface area (Å²) in [5.41, 5.74) is 13.2. The van der Waals surface area contributed by atoms with E-state index in [1.807, 2.05) is 0 Å². The second-order valence-electron chi connectivity index (χ2n) is 5.03. The number of nitrogens with two attached hydrogens (primary N) is 2. The standard InChI is InChI=1S/C17H14FN7O2/c1-2-27-17(26)15(25-24-10-5-3-9(18)4-6-10)14-11(7-19)13(21)12(8-20)16(22)23-14/h3-6,24H,2H2,1H3,(H4,21,22,23)/b25-15-. The van der Waals surface area contributed by atoms with Crippen LogP contribution in [0.3, 0.4) is 0 Å². The zero-order valence-electron chi connectivity index (χ0n) is 14.2. The minimum absolute atomic E-state index is 0.0392. The number of anilines is 3. The minimum atomic E-state index is -0.889. The average molecular weight is 367 g/mol. The normalized spacial score (nSPS) is 10.6. The number of hydrogen-bond acceptors (Lipinski definition) is 9. The molecule has 0 saturated carbocycles. The largest absolute Gasteiger partial charge is 0.461 e. The second kappa shape index (κ2) is 8.27. The molecule has 2 rings (SSSR count). The van der Waals surface area contributed by atoms with E-state index >= 15 is 0 Å². The first-order chi connectivity index (χ1) is 12.9. The maximum absolute atomic E-state index is 13.0. The number of nitrogens with zero attached hydrogens (tertiary/aromatic N) is 4. The number of ether oxygens (including phenoxy) is 1. The van der Waals surface area contributed by atoms with Crippen molar-refractivity contribution < 1.29 is 13.9 Å². The number of hydrazone groups is 1. The Hall–Kier alpha value is -4.18. The van der Waals surface area contributed by atoms with Crippen molar-refractivity contribution in [2.75, 3.05) is 23.5 Å². The third-order valence-corrected chi connectivity index (χ3v) is 3.32. The summed E-state index contributed by atoms with van der Waals surface area (Å²) in [4.78, 5) is 16.2. The summed E-state index contributed by atoms with van der Waals surface area (Å²) in [6.07, 6.45) is 0. The molecule has 0 unspecified atom stereocenters. The molecule has 0 amide bonds. The van der Waals surface area contributed by atoms with Crippen LogP contribution in [-0.2, 0) is 9.53 Å². The Balaban J connectivity index is 2.60. The molecule has 0 fully saturated rings. The first-order valence-electron chi connectivity index (χ1n) is 7.58. The number of nitrogens with one attached hydrogen (secondary N) is 1. The fourth-order valence-corrected chi connectivity index (χ4v) is 2.06. The zero-order valence-corrected chi connectivity index (χ0v) is 14.2. The Kier molecular flexibility index (Phi) is 5.86. The molecule has 0 spiro atoms. The van der Waals surface area contributed by atoms with Gasteiger partial charge in [-0.25, -0.2) is 14.2 Å². The van der Waals surface area contributed by atoms with Gasteiger partial charge in [0.25, 0.3) is 0 Å². The number of carbonyl (C=O) groups excluding carboxylic acids is 1. The molecule has 1 aromatic heterocycles. The molecule has 0 aliphatic rings. The Morgan fingerprint density at radius 1 is 1.26 bits per heavy atom. The van der Waals surface area contributed by atoms with Crippen molar-refractivity contribution in [3.63, 3.8) is 0 Å². The van der Waals surface area contributed by atoms with Crippen LogP contribution in [0.15, 0.2) is 29.4 Å². The number of hydrogen-bond donors (Lipinski definition) is 3. The lowest BCUT2D eigenvalue weighted by Gasteiger charge is -2.11. The summed E-state index contributed by atoms with van der Waals surface area (Å²) < 4.78 is 17.9. The number of aromatic nitrogens is 1. The summed E-state index contributed by atoms with van der Waals surface area (Å²) in [6.45, 7) is 1.63. The third-order valence-electron chi connectivity index (χ3n) is 3.32. The number of nitrogen functional groups attached to an aromatic ring is 2. The molecule has 0 aliphatic carbocycles. The molecule has 136 valence electrons. The van der Waals surface area contributed by atoms with Crippen LogP contribution in [0.5, 0.6) is 0 Å². The smallest absolute Gasteiger partial charge is 0.361 e. The highest BCUT2D eigenvalue weighted by molar-refractivity contribution is 6.43. The van der Waals surface area contributed by atoms with Crippen LogP contribution in [-0.4, -0.2) is 23.3 Å². The Morgan fingerprint density at radius 2 is 1.89 bits per heavy atom. The molecule has 0 radical (unpaired) electrons. The van der Waals surface area contributed by atoms with Crippen LogP contribution in [0.4, 0.5) is 21.6 Å². The van der Waals surface area contributed by atoms with Crippen molar-refractivity contribution in [3.05, 3.63) is 46.9 Å². The Labute approximate surface area is 153 Å². The van der Waals surface area contributed by atoms with E-state index in [-0.39, 0.29) is 40.6 Å². The van der Waals surface area contributed by atoms with Gasteiger partial charge >= 0.3 is 5.97 Å². The summed E-state index contributed by atoms with van der Waals surface area (Å²) >= 11 is 0. The summed E-state index contributed by atoms with van der Waals surface area (Å²) in [5, 5.41) is 22.4. The van der Waals surface area contributed by atoms with Crippen LogP contribution in [0.2, 0.25) is 0 Å². The highest BCUT2D eigenvalue weighted by Crippen LogP contribution is 2.24. The predicted octanol–water partition coefficient (Wildman–Crippen LogP) is 1.51. The van der Waals surface area contributed by atoms with Crippen molar-refractivity contribution in [1.82, 2.24) is 4.98 Å². The van der Waals surface area contributed by atoms with E-state index in [9.17, 15) is 14.4 Å². The molecular weight excluding hydrogens is 353 g/mol. The van der Waals surface area contributed by atoms with Gasteiger partial charge in [0, 0.05) is 0 Å². The Bertz CT molecular complexity index is 988. The van der Waals surface area contributed by atoms with Crippen molar-refractivity contribution >= 4 is 28.9 Å². The molecule has 9 nitrogen and oxygen atoms in total. The van der Waals surface area contributed by atoms with Crippen molar-refractivity contribution in [1.29, 1.82) is 10.5 Å². The molecule has 0 atom stereocenters. The van der Waals surface area contributed by atoms with Gasteiger partial charge in [0.05, 0.1) is 18.0 Å². The van der Waals surface area contributed by atoms with E-state index < -0.39 is 11.8 Å². The third kappa shape index (κ3) is 4.08. The molecule has 1 aromatic carbocycles. The highest BCUT2D eigenvalue weighted by atomic mass is 19.1. The quantitative estimate of drug-likeness (QED) is 0.406. The lowest BCUT2D eigenvalue weighted by atomic mass is 10.0. The van der Waals surface area contributed by atoms with Crippen LogP contribution < -0.4 is 16.9 Å². The first kappa shape index (κ1) is 19.1. The van der Waals surface area contributed by atoms with Crippen molar-refractivity contribution in [2.45, 2.75) is 6.92 Å². The fourth-order valence-electron chi connectivity index (χ4n) is 2.06. The van der Waals surface area contributed by atoms with Gasteiger partial charge in [-0.05, 0) is 31.2 Å². The maximum Gasteiger partial charge on any atom is 0.361 e. The van der Waals surface area contributed by atoms with Crippen LogP contribution >= 0.6 is 0 Å². The van der Waals surface area contributed by atoms with E-state index in [1.165, 1.54) is 24.3 Å². The molecule has 1 heterocycles. The van der Waals surface area contributed by atoms with Gasteiger partial charge in [0.1, 0.15) is 40.6 Å². The van der Waals surface area contributed by atoms with Gasteiger partial charge in [-0.1, -0.05) is 0 Å². The van der Waals surface area contributed by atoms with Gasteiger partial charge in [-0.3, -0.25) is 5.43 Å². The van der Waals surface area contributed by atoms with Gasteiger partial charge in [0.15, 0.2) is 5.71 Å². The molecule has 0 saturated heterocycles. The summed E-state index contributed by atoms with van der Waals surface area (Å²) in [5.74, 6) is -1.60. The van der Waals surface area contributed by atoms with E-state index in [4.69, 9.17) is 21.5 Å². The van der Waals surface area contributed by atoms with Crippen LogP contribution in [0.1, 0.15) is 23.7 Å². The molecule has 27 heavy (non-hydrogen) atoms. The number of rotatable bonds is 5. The fraction of sp³-hybridized carbons (Fsp3) is 0.118. The Morgan fingerprint density at radius 3 is 2.44 bits per heavy atom. The van der Waals surface area contributed by atoms with E-state index in [0.717, 1.165) is 0 Å². The molecule has 0 bridgehead atoms. The van der Waals surface area contributed by atoms with Crippen molar-refractivity contribution in [2.24, 2.45) is 5.10 Å². The number of halogens is 1. The maximum atomic E-state index is 13.0. The number of nitriles is 2. The van der Waals surface area contributed by atoms with Gasteiger partial charge in [-0.2, -0.15) is 15.6 Å².